The van der Waals surface area contributed by atoms with Crippen molar-refractivity contribution < 1.29 is 4.39 Å². The Kier molecular flexibility index (Phi) is 3.60. The van der Waals surface area contributed by atoms with Crippen LogP contribution in [0.25, 0.3) is 0 Å². The first-order valence-corrected chi connectivity index (χ1v) is 6.81. The van der Waals surface area contributed by atoms with Crippen LogP contribution in [0.5, 0.6) is 0 Å². The summed E-state index contributed by atoms with van der Waals surface area (Å²) in [5, 5.41) is 3.54. The van der Waals surface area contributed by atoms with Crippen molar-refractivity contribution >= 4 is 0 Å². The fourth-order valence-corrected chi connectivity index (χ4v) is 2.64. The molecule has 19 heavy (non-hydrogen) atoms. The predicted octanol–water partition coefficient (Wildman–Crippen LogP) is 2.89. The Morgan fingerprint density at radius 3 is 2.84 bits per heavy atom. The highest BCUT2D eigenvalue weighted by molar-refractivity contribution is 5.18. The summed E-state index contributed by atoms with van der Waals surface area (Å²) < 4.78 is 15.1. The van der Waals surface area contributed by atoms with Crippen molar-refractivity contribution in [3.63, 3.8) is 0 Å². The Morgan fingerprint density at radius 2 is 2.11 bits per heavy atom. The number of benzene rings is 1. The number of halogens is 1. The van der Waals surface area contributed by atoms with Gasteiger partial charge in [-0.1, -0.05) is 18.6 Å². The first-order chi connectivity index (χ1) is 9.33. The van der Waals surface area contributed by atoms with E-state index in [0.717, 1.165) is 25.1 Å². The Bertz CT molecular complexity index is 527. The largest absolute Gasteiger partial charge is 0.329 e. The van der Waals surface area contributed by atoms with E-state index in [-0.39, 0.29) is 5.82 Å². The molecule has 1 saturated heterocycles. The molecule has 0 bridgehead atoms. The molecule has 3 rings (SSSR count). The van der Waals surface area contributed by atoms with Gasteiger partial charge in [0.2, 0.25) is 0 Å². The lowest BCUT2D eigenvalue weighted by Gasteiger charge is -2.24. The SMILES string of the molecule is Fc1ccc(Cn2cncc2C2CCCCN2)cc1. The fraction of sp³-hybridized carbons (Fsp3) is 0.400. The van der Waals surface area contributed by atoms with Gasteiger partial charge in [-0.05, 0) is 37.1 Å². The highest BCUT2D eigenvalue weighted by atomic mass is 19.1. The van der Waals surface area contributed by atoms with Gasteiger partial charge in [0.1, 0.15) is 5.82 Å². The second-order valence-corrected chi connectivity index (χ2v) is 5.08. The summed E-state index contributed by atoms with van der Waals surface area (Å²) in [5.74, 6) is -0.191. The van der Waals surface area contributed by atoms with Crippen LogP contribution in [0.4, 0.5) is 4.39 Å². The summed E-state index contributed by atoms with van der Waals surface area (Å²) in [6.45, 7) is 1.82. The maximum Gasteiger partial charge on any atom is 0.123 e. The molecule has 100 valence electrons. The predicted molar refractivity (Wildman–Crippen MR) is 72.3 cm³/mol. The number of aromatic nitrogens is 2. The number of nitrogens with zero attached hydrogens (tertiary/aromatic N) is 2. The van der Waals surface area contributed by atoms with Gasteiger partial charge in [0.25, 0.3) is 0 Å². The zero-order valence-corrected chi connectivity index (χ0v) is 10.8. The Hall–Kier alpha value is -1.68. The third-order valence-electron chi connectivity index (χ3n) is 3.68. The van der Waals surface area contributed by atoms with E-state index in [1.807, 2.05) is 24.7 Å². The molecule has 2 aromatic rings. The molecular formula is C15H18FN3. The molecule has 0 aliphatic carbocycles. The van der Waals surface area contributed by atoms with Crippen molar-refractivity contribution in [1.29, 1.82) is 0 Å². The highest BCUT2D eigenvalue weighted by Crippen LogP contribution is 2.23. The monoisotopic (exact) mass is 259 g/mol. The molecule has 1 unspecified atom stereocenters. The van der Waals surface area contributed by atoms with Crippen LogP contribution in [0.2, 0.25) is 0 Å². The smallest absolute Gasteiger partial charge is 0.123 e. The van der Waals surface area contributed by atoms with E-state index in [4.69, 9.17) is 0 Å². The molecule has 1 fully saturated rings. The minimum Gasteiger partial charge on any atom is -0.329 e. The summed E-state index contributed by atoms with van der Waals surface area (Å²) in [6, 6.07) is 7.06. The maximum absolute atomic E-state index is 12.9. The van der Waals surface area contributed by atoms with Gasteiger partial charge >= 0.3 is 0 Å². The number of piperidine rings is 1. The number of nitrogens with one attached hydrogen (secondary N) is 1. The number of rotatable bonds is 3. The van der Waals surface area contributed by atoms with Crippen molar-refractivity contribution in [2.24, 2.45) is 0 Å². The molecule has 1 aliphatic rings. The number of hydrogen-bond acceptors (Lipinski definition) is 2. The zero-order valence-electron chi connectivity index (χ0n) is 10.8. The van der Waals surface area contributed by atoms with Gasteiger partial charge in [-0.2, -0.15) is 0 Å². The Balaban J connectivity index is 1.77. The lowest BCUT2D eigenvalue weighted by Crippen LogP contribution is -2.28. The van der Waals surface area contributed by atoms with Gasteiger partial charge in [-0.3, -0.25) is 0 Å². The van der Waals surface area contributed by atoms with Crippen molar-refractivity contribution in [2.75, 3.05) is 6.54 Å². The van der Waals surface area contributed by atoms with E-state index in [0.29, 0.717) is 6.04 Å². The molecule has 4 heteroatoms. The van der Waals surface area contributed by atoms with Gasteiger partial charge in [-0.25, -0.2) is 9.37 Å². The van der Waals surface area contributed by atoms with Crippen LogP contribution in [-0.4, -0.2) is 16.1 Å². The van der Waals surface area contributed by atoms with E-state index >= 15 is 0 Å². The molecule has 3 nitrogen and oxygen atoms in total. The molecule has 0 amide bonds. The van der Waals surface area contributed by atoms with Crippen molar-refractivity contribution in [3.05, 3.63) is 53.9 Å². The molecule has 0 saturated carbocycles. The number of hydrogen-bond donors (Lipinski definition) is 1. The van der Waals surface area contributed by atoms with Crippen molar-refractivity contribution in [2.45, 2.75) is 31.8 Å². The van der Waals surface area contributed by atoms with Crippen LogP contribution < -0.4 is 5.32 Å². The maximum atomic E-state index is 12.9. The minimum atomic E-state index is -0.191. The quantitative estimate of drug-likeness (QED) is 0.918. The third kappa shape index (κ3) is 2.84. The summed E-state index contributed by atoms with van der Waals surface area (Å²) in [4.78, 5) is 4.26. The molecule has 0 spiro atoms. The van der Waals surface area contributed by atoms with Gasteiger partial charge in [0.05, 0.1) is 12.0 Å². The Morgan fingerprint density at radius 1 is 1.26 bits per heavy atom. The molecule has 1 aliphatic heterocycles. The molecule has 1 atom stereocenters. The van der Waals surface area contributed by atoms with Gasteiger partial charge in [-0.15, -0.1) is 0 Å². The second kappa shape index (κ2) is 5.53. The van der Waals surface area contributed by atoms with Crippen LogP contribution in [0, 0.1) is 5.82 Å². The topological polar surface area (TPSA) is 29.9 Å². The molecule has 2 heterocycles. The van der Waals surface area contributed by atoms with E-state index < -0.39 is 0 Å². The zero-order chi connectivity index (χ0) is 13.1. The highest BCUT2D eigenvalue weighted by Gasteiger charge is 2.18. The summed E-state index contributed by atoms with van der Waals surface area (Å²) in [7, 11) is 0. The summed E-state index contributed by atoms with van der Waals surface area (Å²) >= 11 is 0. The third-order valence-corrected chi connectivity index (χ3v) is 3.68. The van der Waals surface area contributed by atoms with Gasteiger partial charge in [0, 0.05) is 18.8 Å². The average Bonchev–Trinajstić information content (AvgIpc) is 2.90. The molecule has 0 radical (unpaired) electrons. The standard InChI is InChI=1S/C15H18FN3/c16-13-6-4-12(5-7-13)10-19-11-17-9-15(19)14-3-1-2-8-18-14/h4-7,9,11,14,18H,1-3,8,10H2. The molecular weight excluding hydrogens is 241 g/mol. The fourth-order valence-electron chi connectivity index (χ4n) is 2.64. The van der Waals surface area contributed by atoms with Crippen LogP contribution in [0.1, 0.15) is 36.6 Å². The van der Waals surface area contributed by atoms with E-state index in [1.54, 1.807) is 0 Å². The first-order valence-electron chi connectivity index (χ1n) is 6.81. The molecule has 1 aromatic heterocycles. The minimum absolute atomic E-state index is 0.191. The average molecular weight is 259 g/mol. The molecule has 1 aromatic carbocycles. The van der Waals surface area contributed by atoms with Gasteiger partial charge in [0.15, 0.2) is 0 Å². The van der Waals surface area contributed by atoms with Crippen molar-refractivity contribution in [1.82, 2.24) is 14.9 Å². The van der Waals surface area contributed by atoms with Gasteiger partial charge < -0.3 is 9.88 Å². The summed E-state index contributed by atoms with van der Waals surface area (Å²) in [5.41, 5.74) is 2.32. The van der Waals surface area contributed by atoms with E-state index in [2.05, 4.69) is 14.9 Å². The van der Waals surface area contributed by atoms with Crippen molar-refractivity contribution in [3.8, 4) is 0 Å². The second-order valence-electron chi connectivity index (χ2n) is 5.08. The van der Waals surface area contributed by atoms with E-state index in [1.165, 1.54) is 30.7 Å². The van der Waals surface area contributed by atoms with Crippen LogP contribution in [-0.2, 0) is 6.54 Å². The lowest BCUT2D eigenvalue weighted by molar-refractivity contribution is 0.396. The van der Waals surface area contributed by atoms with Crippen LogP contribution in [0.3, 0.4) is 0 Å². The van der Waals surface area contributed by atoms with Crippen LogP contribution >= 0.6 is 0 Å². The Labute approximate surface area is 112 Å². The molecule has 1 N–H and O–H groups in total. The number of imidazole rings is 1. The lowest BCUT2D eigenvalue weighted by atomic mass is 10.0. The first kappa shape index (κ1) is 12.4. The summed E-state index contributed by atoms with van der Waals surface area (Å²) in [6.07, 6.45) is 7.47. The van der Waals surface area contributed by atoms with Crippen LogP contribution in [0.15, 0.2) is 36.8 Å². The van der Waals surface area contributed by atoms with E-state index in [9.17, 15) is 4.39 Å². The normalized spacial score (nSPS) is 19.5.